The maximum Gasteiger partial charge on any atom is 0.426 e. The molecule has 4 heterocycles. The van der Waals surface area contributed by atoms with E-state index in [1.54, 1.807) is 12.3 Å². The van der Waals surface area contributed by atoms with Crippen molar-refractivity contribution in [2.24, 2.45) is 0 Å². The van der Waals surface area contributed by atoms with E-state index < -0.39 is 17.3 Å². The molecule has 37 heavy (non-hydrogen) atoms. The lowest BCUT2D eigenvalue weighted by atomic mass is 10.1. The molecule has 2 aromatic heterocycles. The van der Waals surface area contributed by atoms with E-state index in [4.69, 9.17) is 14.5 Å². The third-order valence-electron chi connectivity index (χ3n) is 6.47. The van der Waals surface area contributed by atoms with Gasteiger partial charge in [-0.25, -0.2) is 14.8 Å². The summed E-state index contributed by atoms with van der Waals surface area (Å²) in [4.78, 5) is 26.0. The number of alkyl halides is 2. The normalized spacial score (nSPS) is 20.5. The highest BCUT2D eigenvalue weighted by atomic mass is 32.1. The molecule has 5 rings (SSSR count). The highest BCUT2D eigenvalue weighted by Crippen LogP contribution is 2.45. The van der Waals surface area contributed by atoms with Gasteiger partial charge in [0.2, 0.25) is 0 Å². The van der Waals surface area contributed by atoms with Crippen LogP contribution in [0.1, 0.15) is 47.5 Å². The number of carbonyl (C=O) groups is 1. The van der Waals surface area contributed by atoms with Crippen LogP contribution in [0, 0.1) is 0 Å². The van der Waals surface area contributed by atoms with Crippen LogP contribution in [-0.2, 0) is 4.74 Å². The second kappa shape index (κ2) is 9.02. The van der Waals surface area contributed by atoms with Crippen molar-refractivity contribution in [1.82, 2.24) is 14.9 Å². The first-order valence-corrected chi connectivity index (χ1v) is 13.8. The van der Waals surface area contributed by atoms with E-state index in [0.717, 1.165) is 37.3 Å². The van der Waals surface area contributed by atoms with Gasteiger partial charge in [0.1, 0.15) is 16.4 Å². The Morgan fingerprint density at radius 3 is 2.38 bits per heavy atom. The molecule has 2 saturated heterocycles. The predicted octanol–water partition coefficient (Wildman–Crippen LogP) is 5.75. The van der Waals surface area contributed by atoms with Gasteiger partial charge >= 0.3 is 12.2 Å². The molecule has 2 fully saturated rings. The second-order valence-electron chi connectivity index (χ2n) is 11.0. The maximum absolute atomic E-state index is 14.7. The van der Waals surface area contributed by atoms with Crippen LogP contribution in [0.2, 0.25) is 0 Å². The zero-order valence-corrected chi connectivity index (χ0v) is 23.0. The minimum absolute atomic E-state index is 0.0192. The summed E-state index contributed by atoms with van der Waals surface area (Å²) < 4.78 is 40.5. The number of aliphatic hydroxyl groups is 1. The molecule has 2 unspecified atom stereocenters. The van der Waals surface area contributed by atoms with Gasteiger partial charge in [-0.15, -0.1) is 11.3 Å². The molecule has 3 aromatic rings. The number of amides is 1. The molecule has 2 bridgehead atoms. The average molecular weight is 553 g/mol. The number of rotatable bonds is 5. The minimum Gasteiger partial charge on any atom is -0.444 e. The summed E-state index contributed by atoms with van der Waals surface area (Å²) in [5.41, 5.74) is -1.71. The van der Waals surface area contributed by atoms with E-state index in [9.17, 15) is 18.7 Å². The topological polar surface area (TPSA) is 88.0 Å². The summed E-state index contributed by atoms with van der Waals surface area (Å²) >= 11 is 2.69. The number of fused-ring (bicyclic) bond motifs is 3. The predicted molar refractivity (Wildman–Crippen MR) is 140 cm³/mol. The van der Waals surface area contributed by atoms with Gasteiger partial charge in [0.15, 0.2) is 10.7 Å². The number of nitrogens with zero attached hydrogens (tertiary/aromatic N) is 4. The highest BCUT2D eigenvalue weighted by Gasteiger charge is 2.49. The molecule has 2 atom stereocenters. The molecular weight excluding hydrogens is 522 g/mol. The van der Waals surface area contributed by atoms with Gasteiger partial charge in [0.05, 0.1) is 22.3 Å². The van der Waals surface area contributed by atoms with Gasteiger partial charge in [0, 0.05) is 30.2 Å². The van der Waals surface area contributed by atoms with Gasteiger partial charge in [-0.3, -0.25) is 4.90 Å². The zero-order chi connectivity index (χ0) is 26.8. The first-order chi connectivity index (χ1) is 17.2. The van der Waals surface area contributed by atoms with Crippen LogP contribution in [0.25, 0.3) is 20.8 Å². The van der Waals surface area contributed by atoms with E-state index in [2.05, 4.69) is 9.88 Å². The summed E-state index contributed by atoms with van der Waals surface area (Å²) in [5.74, 6) is -0.0541. The fourth-order valence-electron chi connectivity index (χ4n) is 4.65. The van der Waals surface area contributed by atoms with Gasteiger partial charge in [0.25, 0.3) is 0 Å². The number of halogens is 2. The van der Waals surface area contributed by atoms with E-state index in [-0.39, 0.29) is 23.9 Å². The van der Waals surface area contributed by atoms with Gasteiger partial charge in [-0.05, 0) is 59.6 Å². The summed E-state index contributed by atoms with van der Waals surface area (Å²) in [6.45, 7) is 8.70. The molecule has 0 saturated carbocycles. The number of ether oxygens (including phenoxy) is 2. The molecule has 0 spiro atoms. The van der Waals surface area contributed by atoms with E-state index >= 15 is 0 Å². The Morgan fingerprint density at radius 1 is 1.14 bits per heavy atom. The fourth-order valence-corrected chi connectivity index (χ4v) is 6.38. The van der Waals surface area contributed by atoms with Crippen LogP contribution < -0.4 is 9.64 Å². The fraction of sp³-hybridized carbons (Fsp3) is 0.560. The highest BCUT2D eigenvalue weighted by molar-refractivity contribution is 7.22. The molecule has 1 aromatic carbocycles. The van der Waals surface area contributed by atoms with Crippen molar-refractivity contribution < 1.29 is 28.2 Å². The van der Waals surface area contributed by atoms with E-state index in [1.807, 2.05) is 31.1 Å². The maximum atomic E-state index is 14.7. The van der Waals surface area contributed by atoms with Crippen LogP contribution in [0.5, 0.6) is 5.75 Å². The largest absolute Gasteiger partial charge is 0.444 e. The van der Waals surface area contributed by atoms with Crippen molar-refractivity contribution in [3.05, 3.63) is 23.7 Å². The first-order valence-electron chi connectivity index (χ1n) is 12.1. The molecule has 200 valence electrons. The quantitative estimate of drug-likeness (QED) is 0.431. The number of thiazole rings is 2. The Bertz CT molecular complexity index is 1290. The molecule has 8 nitrogen and oxygen atoms in total. The van der Waals surface area contributed by atoms with Crippen molar-refractivity contribution in [2.75, 3.05) is 18.0 Å². The van der Waals surface area contributed by atoms with Crippen LogP contribution in [-0.4, -0.2) is 68.6 Å². The molecule has 12 heteroatoms. The third kappa shape index (κ3) is 4.98. The molecule has 0 aliphatic carbocycles. The van der Waals surface area contributed by atoms with Crippen LogP contribution in [0.15, 0.2) is 23.7 Å². The molecule has 2 aliphatic rings. The third-order valence-corrected chi connectivity index (χ3v) is 8.40. The number of aromatic nitrogens is 2. The Balaban J connectivity index is 1.49. The van der Waals surface area contributed by atoms with E-state index in [0.29, 0.717) is 28.4 Å². The Labute approximate surface area is 221 Å². The number of carbonyl (C=O) groups excluding carboxylic acids is 1. The van der Waals surface area contributed by atoms with Crippen molar-refractivity contribution in [1.29, 1.82) is 0 Å². The molecule has 2 aliphatic heterocycles. The summed E-state index contributed by atoms with van der Waals surface area (Å²) in [7, 11) is 0. The summed E-state index contributed by atoms with van der Waals surface area (Å²) in [5, 5.41) is 13.2. The first kappa shape index (κ1) is 26.1. The minimum atomic E-state index is -3.81. The average Bonchev–Trinajstić information content (AvgIpc) is 3.50. The lowest BCUT2D eigenvalue weighted by molar-refractivity contribution is -0.275. The lowest BCUT2D eigenvalue weighted by Gasteiger charge is -2.41. The van der Waals surface area contributed by atoms with Crippen molar-refractivity contribution in [3.63, 3.8) is 0 Å². The van der Waals surface area contributed by atoms with E-state index in [1.165, 1.54) is 28.7 Å². The Morgan fingerprint density at radius 2 is 1.81 bits per heavy atom. The second-order valence-corrected chi connectivity index (χ2v) is 12.9. The summed E-state index contributed by atoms with van der Waals surface area (Å²) in [6.07, 6.45) is -0.715. The lowest BCUT2D eigenvalue weighted by Crippen LogP contribution is -2.56. The van der Waals surface area contributed by atoms with Crippen molar-refractivity contribution >= 4 is 44.1 Å². The molecule has 1 amide bonds. The monoisotopic (exact) mass is 552 g/mol. The van der Waals surface area contributed by atoms with Gasteiger partial charge in [-0.2, -0.15) is 8.78 Å². The number of anilines is 1. The molecule has 0 radical (unpaired) electrons. The Kier molecular flexibility index (Phi) is 6.35. The number of hydrogen-bond donors (Lipinski definition) is 1. The number of hydrogen-bond acceptors (Lipinski definition) is 9. The zero-order valence-electron chi connectivity index (χ0n) is 21.3. The van der Waals surface area contributed by atoms with Crippen LogP contribution >= 0.6 is 22.7 Å². The Hall–Kier alpha value is -2.57. The van der Waals surface area contributed by atoms with Crippen LogP contribution in [0.3, 0.4) is 0 Å². The molecular formula is C25H30F2N4O4S2. The molecule has 1 N–H and O–H groups in total. The number of piperazine rings is 1. The van der Waals surface area contributed by atoms with Crippen molar-refractivity contribution in [3.8, 4) is 16.3 Å². The standard InChI is InChI=1S/C25H30F2N4O4S2/c1-23(2,3)35-22(32)31-14-6-7-15(31)13-30(12-14)21-29-18-16(20-28-10-11-36-20)8-9-17(19(18)37-21)34-25(26,27)24(4,5)33/h8-11,14-15,33H,6-7,12-13H2,1-5H3. The van der Waals surface area contributed by atoms with Gasteiger partial charge < -0.3 is 19.5 Å². The SMILES string of the molecule is CC(C)(C)OC(=O)N1C2CCC1CN(c1nc3c(-c4nccs4)ccc(OC(F)(F)C(C)(C)O)c3s1)C2. The number of benzene rings is 1. The summed E-state index contributed by atoms with van der Waals surface area (Å²) in [6, 6.07) is 3.11. The van der Waals surface area contributed by atoms with Crippen LogP contribution in [0.4, 0.5) is 18.7 Å². The smallest absolute Gasteiger partial charge is 0.426 e. The van der Waals surface area contributed by atoms with Gasteiger partial charge in [-0.1, -0.05) is 11.3 Å². The van der Waals surface area contributed by atoms with Crippen molar-refractivity contribution in [2.45, 2.75) is 76.9 Å².